The van der Waals surface area contributed by atoms with Gasteiger partial charge in [0.1, 0.15) is 5.75 Å². The van der Waals surface area contributed by atoms with Crippen molar-refractivity contribution in [2.75, 3.05) is 38.6 Å². The van der Waals surface area contributed by atoms with E-state index in [0.717, 1.165) is 30.1 Å². The van der Waals surface area contributed by atoms with Crippen molar-refractivity contribution in [3.63, 3.8) is 0 Å². The minimum absolute atomic E-state index is 0.0383. The van der Waals surface area contributed by atoms with E-state index in [0.29, 0.717) is 17.9 Å². The van der Waals surface area contributed by atoms with Crippen molar-refractivity contribution in [3.8, 4) is 5.75 Å². The molecule has 1 aromatic carbocycles. The first-order valence-corrected chi connectivity index (χ1v) is 9.10. The van der Waals surface area contributed by atoms with Crippen LogP contribution in [0, 0.1) is 18.8 Å². The van der Waals surface area contributed by atoms with Crippen molar-refractivity contribution in [2.45, 2.75) is 32.2 Å². The van der Waals surface area contributed by atoms with E-state index in [9.17, 15) is 4.79 Å². The Balaban J connectivity index is 1.39. The van der Waals surface area contributed by atoms with E-state index in [4.69, 9.17) is 4.74 Å². The Bertz CT molecular complexity index is 633. The van der Waals surface area contributed by atoms with Gasteiger partial charge in [0.25, 0.3) is 0 Å². The van der Waals surface area contributed by atoms with Crippen molar-refractivity contribution in [1.82, 2.24) is 9.80 Å². The van der Waals surface area contributed by atoms with Gasteiger partial charge in [0.2, 0.25) is 0 Å². The molecule has 0 bridgehead atoms. The van der Waals surface area contributed by atoms with Crippen molar-refractivity contribution in [3.05, 3.63) is 23.8 Å². The minimum Gasteiger partial charge on any atom is -0.496 e. The van der Waals surface area contributed by atoms with Crippen LogP contribution < -0.4 is 10.1 Å². The summed E-state index contributed by atoms with van der Waals surface area (Å²) in [5, 5.41) is 3.06. The molecule has 5 heteroatoms. The van der Waals surface area contributed by atoms with E-state index >= 15 is 0 Å². The molecule has 1 aromatic rings. The zero-order valence-corrected chi connectivity index (χ0v) is 14.6. The molecule has 2 amide bonds. The van der Waals surface area contributed by atoms with Crippen molar-refractivity contribution < 1.29 is 9.53 Å². The molecule has 3 atom stereocenters. The van der Waals surface area contributed by atoms with E-state index in [1.807, 2.05) is 30.0 Å². The van der Waals surface area contributed by atoms with Gasteiger partial charge in [-0.3, -0.25) is 4.90 Å². The zero-order valence-electron chi connectivity index (χ0n) is 14.6. The lowest BCUT2D eigenvalue weighted by Gasteiger charge is -2.33. The summed E-state index contributed by atoms with van der Waals surface area (Å²) in [6.45, 7) is 6.24. The predicted octanol–water partition coefficient (Wildman–Crippen LogP) is 2.95. The standard InChI is InChI=1S/C19H27N3O2/c1-13-9-15(6-7-18(13)24-2)20-19(23)22-11-14-10-21-8-4-3-5-17(21)16(14)12-22/h6-7,9,14,16-17H,3-5,8,10-12H2,1-2H3,(H,20,23)/t14-,16+,17+/m0/s1. The van der Waals surface area contributed by atoms with Crippen LogP contribution >= 0.6 is 0 Å². The number of nitrogens with one attached hydrogen (secondary N) is 1. The second kappa shape index (κ2) is 6.28. The average molecular weight is 329 g/mol. The first kappa shape index (κ1) is 15.8. The summed E-state index contributed by atoms with van der Waals surface area (Å²) < 4.78 is 5.28. The lowest BCUT2D eigenvalue weighted by molar-refractivity contribution is 0.157. The molecule has 3 aliphatic rings. The first-order valence-electron chi connectivity index (χ1n) is 9.10. The molecule has 0 aliphatic carbocycles. The van der Waals surface area contributed by atoms with Crippen LogP contribution in [0.1, 0.15) is 24.8 Å². The van der Waals surface area contributed by atoms with Gasteiger partial charge in [-0.1, -0.05) is 6.42 Å². The Labute approximate surface area is 144 Å². The number of likely N-dealkylation sites (tertiary alicyclic amines) is 1. The number of hydrogen-bond donors (Lipinski definition) is 1. The number of carbonyl (C=O) groups is 1. The summed E-state index contributed by atoms with van der Waals surface area (Å²) in [5.41, 5.74) is 1.88. The number of anilines is 1. The van der Waals surface area contributed by atoms with Crippen molar-refractivity contribution >= 4 is 11.7 Å². The number of rotatable bonds is 2. The van der Waals surface area contributed by atoms with Crippen molar-refractivity contribution in [2.24, 2.45) is 11.8 Å². The highest BCUT2D eigenvalue weighted by Crippen LogP contribution is 2.40. The Morgan fingerprint density at radius 3 is 2.92 bits per heavy atom. The van der Waals surface area contributed by atoms with E-state index in [1.54, 1.807) is 7.11 Å². The number of carbonyl (C=O) groups excluding carboxylic acids is 1. The molecule has 0 unspecified atom stereocenters. The zero-order chi connectivity index (χ0) is 16.7. The van der Waals surface area contributed by atoms with Crippen LogP contribution in [0.15, 0.2) is 18.2 Å². The maximum absolute atomic E-state index is 12.6. The summed E-state index contributed by atoms with van der Waals surface area (Å²) >= 11 is 0. The van der Waals surface area contributed by atoms with Crippen LogP contribution in [0.25, 0.3) is 0 Å². The summed E-state index contributed by atoms with van der Waals surface area (Å²) in [6, 6.07) is 6.53. The number of urea groups is 1. The molecule has 3 saturated heterocycles. The molecular formula is C19H27N3O2. The quantitative estimate of drug-likeness (QED) is 0.907. The molecule has 5 nitrogen and oxygen atoms in total. The maximum Gasteiger partial charge on any atom is 0.321 e. The summed E-state index contributed by atoms with van der Waals surface area (Å²) in [6.07, 6.45) is 4.01. The molecule has 1 N–H and O–H groups in total. The van der Waals surface area contributed by atoms with Crippen LogP contribution in [0.2, 0.25) is 0 Å². The molecule has 0 aromatic heterocycles. The molecule has 3 fully saturated rings. The number of aryl methyl sites for hydroxylation is 1. The summed E-state index contributed by atoms with van der Waals surface area (Å²) in [7, 11) is 1.66. The number of ether oxygens (including phenoxy) is 1. The normalized spacial score (nSPS) is 29.2. The number of amides is 2. The fraction of sp³-hybridized carbons (Fsp3) is 0.632. The van der Waals surface area contributed by atoms with Crippen molar-refractivity contribution in [1.29, 1.82) is 0 Å². The van der Waals surface area contributed by atoms with E-state index in [2.05, 4.69) is 10.2 Å². The van der Waals surface area contributed by atoms with E-state index in [1.165, 1.54) is 32.4 Å². The maximum atomic E-state index is 12.6. The van der Waals surface area contributed by atoms with Gasteiger partial charge < -0.3 is 15.0 Å². The largest absolute Gasteiger partial charge is 0.496 e. The Morgan fingerprint density at radius 2 is 2.12 bits per heavy atom. The number of fused-ring (bicyclic) bond motifs is 3. The molecule has 3 aliphatic heterocycles. The third kappa shape index (κ3) is 2.75. The molecule has 4 rings (SSSR count). The highest BCUT2D eigenvalue weighted by Gasteiger charge is 2.48. The van der Waals surface area contributed by atoms with Gasteiger partial charge in [-0.05, 0) is 61.9 Å². The molecule has 3 heterocycles. The molecule has 0 radical (unpaired) electrons. The second-order valence-electron chi connectivity index (χ2n) is 7.50. The Hall–Kier alpha value is -1.75. The fourth-order valence-electron chi connectivity index (χ4n) is 4.88. The smallest absolute Gasteiger partial charge is 0.321 e. The molecular weight excluding hydrogens is 302 g/mol. The molecule has 130 valence electrons. The first-order chi connectivity index (χ1) is 11.7. The van der Waals surface area contributed by atoms with E-state index in [-0.39, 0.29) is 6.03 Å². The highest BCUT2D eigenvalue weighted by molar-refractivity contribution is 5.89. The van der Waals surface area contributed by atoms with Crippen LogP contribution in [0.3, 0.4) is 0 Å². The lowest BCUT2D eigenvalue weighted by atomic mass is 9.90. The third-order valence-corrected chi connectivity index (χ3v) is 6.05. The molecule has 0 saturated carbocycles. The molecule has 0 spiro atoms. The van der Waals surface area contributed by atoms with Crippen LogP contribution in [-0.4, -0.2) is 55.2 Å². The Morgan fingerprint density at radius 1 is 1.25 bits per heavy atom. The van der Waals surface area contributed by atoms with Gasteiger partial charge in [0.15, 0.2) is 0 Å². The number of piperidine rings is 1. The monoisotopic (exact) mass is 329 g/mol. The van der Waals surface area contributed by atoms with E-state index < -0.39 is 0 Å². The SMILES string of the molecule is COc1ccc(NC(=O)N2C[C@@H]3CN4CCCC[C@@H]4[C@@H]3C2)cc1C. The molecule has 24 heavy (non-hydrogen) atoms. The third-order valence-electron chi connectivity index (χ3n) is 6.05. The number of hydrogen-bond acceptors (Lipinski definition) is 3. The van der Waals surface area contributed by atoms with Crippen LogP contribution in [0.4, 0.5) is 10.5 Å². The van der Waals surface area contributed by atoms with Gasteiger partial charge in [0.05, 0.1) is 7.11 Å². The summed E-state index contributed by atoms with van der Waals surface area (Å²) in [5.74, 6) is 2.19. The van der Waals surface area contributed by atoms with Gasteiger partial charge in [0, 0.05) is 31.4 Å². The minimum atomic E-state index is 0.0383. The number of methoxy groups -OCH3 is 1. The highest BCUT2D eigenvalue weighted by atomic mass is 16.5. The fourth-order valence-corrected chi connectivity index (χ4v) is 4.88. The topological polar surface area (TPSA) is 44.8 Å². The second-order valence-corrected chi connectivity index (χ2v) is 7.50. The van der Waals surface area contributed by atoms with Crippen LogP contribution in [0.5, 0.6) is 5.75 Å². The van der Waals surface area contributed by atoms with Gasteiger partial charge in [-0.15, -0.1) is 0 Å². The Kier molecular flexibility index (Phi) is 4.12. The number of nitrogens with zero attached hydrogens (tertiary/aromatic N) is 2. The predicted molar refractivity (Wildman–Crippen MR) is 94.5 cm³/mol. The number of benzene rings is 1. The van der Waals surface area contributed by atoms with Gasteiger partial charge >= 0.3 is 6.03 Å². The van der Waals surface area contributed by atoms with Gasteiger partial charge in [-0.2, -0.15) is 0 Å². The summed E-state index contributed by atoms with van der Waals surface area (Å²) in [4.78, 5) is 17.3. The lowest BCUT2D eigenvalue weighted by Crippen LogP contribution is -2.41. The average Bonchev–Trinajstić information content (AvgIpc) is 3.13. The van der Waals surface area contributed by atoms with Gasteiger partial charge in [-0.25, -0.2) is 4.79 Å². The van der Waals surface area contributed by atoms with Crippen LogP contribution in [-0.2, 0) is 0 Å².